The Morgan fingerprint density at radius 1 is 1.13 bits per heavy atom. The number of ether oxygens (including phenoxy) is 2. The van der Waals surface area contributed by atoms with Crippen LogP contribution in [-0.2, 0) is 14.4 Å². The molecule has 3 fully saturated rings. The van der Waals surface area contributed by atoms with Crippen molar-refractivity contribution in [2.24, 2.45) is 17.8 Å². The molecule has 46 heavy (non-hydrogen) atoms. The first kappa shape index (κ1) is 32.5. The minimum Gasteiger partial charge on any atom is -0.495 e. The Bertz CT molecular complexity index is 1660. The third-order valence-electron chi connectivity index (χ3n) is 9.87. The smallest absolute Gasteiger partial charge is 0.329 e. The Kier molecular flexibility index (Phi) is 9.17. The Labute approximate surface area is 277 Å². The summed E-state index contributed by atoms with van der Waals surface area (Å²) >= 11 is 8.25. The van der Waals surface area contributed by atoms with Crippen molar-refractivity contribution in [3.05, 3.63) is 34.3 Å². The molecule has 1 saturated heterocycles. The highest BCUT2D eigenvalue weighted by molar-refractivity contribution is 7.13. The van der Waals surface area contributed by atoms with Gasteiger partial charge in [-0.25, -0.2) is 14.8 Å². The van der Waals surface area contributed by atoms with Gasteiger partial charge in [-0.1, -0.05) is 44.7 Å². The van der Waals surface area contributed by atoms with Crippen LogP contribution in [0.25, 0.3) is 21.6 Å². The van der Waals surface area contributed by atoms with Gasteiger partial charge in [0.2, 0.25) is 11.8 Å². The van der Waals surface area contributed by atoms with Crippen molar-refractivity contribution < 1.29 is 29.0 Å². The molecule has 0 bridgehead atoms. The molecule has 0 radical (unpaired) electrons. The zero-order valence-electron chi connectivity index (χ0n) is 26.7. The normalized spacial score (nSPS) is 27.1. The van der Waals surface area contributed by atoms with Crippen molar-refractivity contribution in [3.8, 4) is 22.2 Å². The molecule has 2 saturated carbocycles. The SMILES string of the molecule is COc1ccc2c(O[C@@H]3C[C@H]4C(=O)N[C@]5(C(=O)O)C[C@H]5CCCCCCN(C)C(=O)[C@@H]4C3)cc(-c3nc(C(C)C)cs3)nc2c1Cl. The Morgan fingerprint density at radius 2 is 1.89 bits per heavy atom. The van der Waals surface area contributed by atoms with Crippen LogP contribution >= 0.6 is 22.9 Å². The van der Waals surface area contributed by atoms with Crippen LogP contribution in [0.1, 0.15) is 76.8 Å². The topological polar surface area (TPSA) is 131 Å². The van der Waals surface area contributed by atoms with E-state index in [9.17, 15) is 19.5 Å². The summed E-state index contributed by atoms with van der Waals surface area (Å²) in [5.74, 6) is -1.70. The highest BCUT2D eigenvalue weighted by Gasteiger charge is 2.62. The van der Waals surface area contributed by atoms with Crippen molar-refractivity contribution in [1.29, 1.82) is 0 Å². The van der Waals surface area contributed by atoms with E-state index >= 15 is 0 Å². The van der Waals surface area contributed by atoms with Crippen LogP contribution in [0.4, 0.5) is 0 Å². The number of fused-ring (bicyclic) bond motifs is 3. The van der Waals surface area contributed by atoms with Crippen LogP contribution < -0.4 is 14.8 Å². The third kappa shape index (κ3) is 6.15. The molecule has 2 amide bonds. The van der Waals surface area contributed by atoms with Crippen LogP contribution in [-0.4, -0.2) is 70.1 Å². The van der Waals surface area contributed by atoms with Gasteiger partial charge >= 0.3 is 5.97 Å². The lowest BCUT2D eigenvalue weighted by molar-refractivity contribution is -0.145. The molecule has 3 aromatic rings. The summed E-state index contributed by atoms with van der Waals surface area (Å²) in [6.07, 6.45) is 5.02. The number of pyridine rings is 1. The molecule has 0 spiro atoms. The van der Waals surface area contributed by atoms with Gasteiger partial charge < -0.3 is 24.8 Å². The third-order valence-corrected chi connectivity index (χ3v) is 11.1. The van der Waals surface area contributed by atoms with Gasteiger partial charge in [0.1, 0.15) is 38.9 Å². The molecule has 1 aromatic carbocycles. The van der Waals surface area contributed by atoms with Crippen molar-refractivity contribution in [1.82, 2.24) is 20.2 Å². The fourth-order valence-corrected chi connectivity index (χ4v) is 8.24. The van der Waals surface area contributed by atoms with Crippen LogP contribution in [0, 0.1) is 17.8 Å². The molecule has 2 aromatic heterocycles. The molecule has 10 nitrogen and oxygen atoms in total. The van der Waals surface area contributed by atoms with Crippen molar-refractivity contribution in [3.63, 3.8) is 0 Å². The second-order valence-corrected chi connectivity index (χ2v) is 14.5. The number of carbonyl (C=O) groups is 3. The Balaban J connectivity index is 1.34. The number of carboxylic acids is 1. The van der Waals surface area contributed by atoms with Crippen LogP contribution in [0.15, 0.2) is 23.6 Å². The lowest BCUT2D eigenvalue weighted by Crippen LogP contribution is -2.49. The summed E-state index contributed by atoms with van der Waals surface area (Å²) in [7, 11) is 3.33. The number of halogens is 1. The van der Waals surface area contributed by atoms with E-state index in [2.05, 4.69) is 19.2 Å². The molecule has 2 N–H and O–H groups in total. The molecule has 2 aliphatic carbocycles. The van der Waals surface area contributed by atoms with Gasteiger partial charge in [-0.2, -0.15) is 0 Å². The van der Waals surface area contributed by atoms with E-state index in [0.717, 1.165) is 42.8 Å². The second kappa shape index (κ2) is 13.0. The number of nitrogens with zero attached hydrogens (tertiary/aromatic N) is 3. The van der Waals surface area contributed by atoms with Crippen molar-refractivity contribution >= 4 is 51.6 Å². The average molecular weight is 669 g/mol. The highest BCUT2D eigenvalue weighted by atomic mass is 35.5. The summed E-state index contributed by atoms with van der Waals surface area (Å²) in [6.45, 7) is 4.78. The minimum absolute atomic E-state index is 0.0902. The summed E-state index contributed by atoms with van der Waals surface area (Å²) in [4.78, 5) is 51.4. The van der Waals surface area contributed by atoms with E-state index in [1.165, 1.54) is 11.3 Å². The minimum atomic E-state index is -1.26. The van der Waals surface area contributed by atoms with Crippen LogP contribution in [0.5, 0.6) is 11.5 Å². The van der Waals surface area contributed by atoms with Gasteiger partial charge in [-0.15, -0.1) is 11.3 Å². The number of aliphatic carboxylic acids is 1. The average Bonchev–Trinajstić information content (AvgIpc) is 3.33. The first-order valence-corrected chi connectivity index (χ1v) is 17.4. The van der Waals surface area contributed by atoms with E-state index in [1.807, 2.05) is 17.5 Å². The van der Waals surface area contributed by atoms with E-state index in [1.54, 1.807) is 25.1 Å². The molecule has 3 aliphatic rings. The van der Waals surface area contributed by atoms with Crippen LogP contribution in [0.2, 0.25) is 5.02 Å². The number of carboxylic acid groups (broad SMARTS) is 1. The fraction of sp³-hybridized carbons (Fsp3) is 0.559. The maximum Gasteiger partial charge on any atom is 0.329 e. The maximum atomic E-state index is 13.8. The van der Waals surface area contributed by atoms with E-state index in [-0.39, 0.29) is 24.2 Å². The number of aromatic nitrogens is 2. The standard InChI is InChI=1S/C34H41ClN4O6S/c1-18(2)25-17-46-31(37-25)24-15-27(21-10-11-26(44-4)28(35)29(21)36-24)45-20-13-22-23(14-20)32(41)39(3)12-8-6-5-7-9-19-16-34(19,33(42)43)38-30(22)40/h10-11,15,17-20,22-23H,5-9,12-14,16H2,1-4H3,(H,38,40)(H,42,43)/t19-,20-,22-,23-,34-/m1/s1. The molecular formula is C34H41ClN4O6S. The lowest BCUT2D eigenvalue weighted by atomic mass is 9.92. The van der Waals surface area contributed by atoms with Crippen molar-refractivity contribution in [2.75, 3.05) is 20.7 Å². The number of carbonyl (C=O) groups excluding carboxylic acids is 2. The molecule has 6 rings (SSSR count). The van der Waals surface area contributed by atoms with Gasteiger partial charge in [0.25, 0.3) is 0 Å². The van der Waals surface area contributed by atoms with Gasteiger partial charge in [0.05, 0.1) is 30.2 Å². The number of rotatable bonds is 6. The fourth-order valence-electron chi connectivity index (χ4n) is 7.02. The van der Waals surface area contributed by atoms with Gasteiger partial charge in [0, 0.05) is 30.4 Å². The number of methoxy groups -OCH3 is 1. The predicted molar refractivity (Wildman–Crippen MR) is 176 cm³/mol. The first-order valence-electron chi connectivity index (χ1n) is 16.1. The van der Waals surface area contributed by atoms with E-state index in [4.69, 9.17) is 31.0 Å². The van der Waals surface area contributed by atoms with E-state index in [0.29, 0.717) is 52.5 Å². The van der Waals surface area contributed by atoms with Crippen molar-refractivity contribution in [2.45, 2.75) is 82.8 Å². The number of hydrogen-bond donors (Lipinski definition) is 2. The number of amides is 2. The lowest BCUT2D eigenvalue weighted by Gasteiger charge is -2.26. The number of nitrogens with one attached hydrogen (secondary N) is 1. The largest absolute Gasteiger partial charge is 0.495 e. The Hall–Kier alpha value is -3.44. The quantitative estimate of drug-likeness (QED) is 0.313. The molecule has 5 atom stereocenters. The molecule has 246 valence electrons. The zero-order chi connectivity index (χ0) is 32.7. The molecule has 0 unspecified atom stereocenters. The van der Waals surface area contributed by atoms with Crippen LogP contribution in [0.3, 0.4) is 0 Å². The van der Waals surface area contributed by atoms with Gasteiger partial charge in [-0.05, 0) is 56.1 Å². The number of hydrogen-bond acceptors (Lipinski definition) is 8. The molecule has 12 heteroatoms. The highest BCUT2D eigenvalue weighted by Crippen LogP contribution is 2.48. The molecule has 3 heterocycles. The summed E-state index contributed by atoms with van der Waals surface area (Å²) in [6, 6.07) is 5.44. The molecule has 1 aliphatic heterocycles. The monoisotopic (exact) mass is 668 g/mol. The molecular weight excluding hydrogens is 628 g/mol. The summed E-state index contributed by atoms with van der Waals surface area (Å²) < 4.78 is 12.1. The zero-order valence-corrected chi connectivity index (χ0v) is 28.2. The van der Waals surface area contributed by atoms with Gasteiger partial charge in [0.15, 0.2) is 0 Å². The summed E-state index contributed by atoms with van der Waals surface area (Å²) in [5, 5.41) is 16.8. The van der Waals surface area contributed by atoms with E-state index < -0.39 is 35.4 Å². The second-order valence-electron chi connectivity index (χ2n) is 13.3. The first-order chi connectivity index (χ1) is 22.0. The number of thiazole rings is 1. The van der Waals surface area contributed by atoms with Gasteiger partial charge in [-0.3, -0.25) is 9.59 Å². The predicted octanol–water partition coefficient (Wildman–Crippen LogP) is 6.30. The number of benzene rings is 1. The Morgan fingerprint density at radius 3 is 2.61 bits per heavy atom. The summed E-state index contributed by atoms with van der Waals surface area (Å²) in [5.41, 5.74) is 0.809. The maximum absolute atomic E-state index is 13.8.